The number of halogens is 3. The van der Waals surface area contributed by atoms with Crippen molar-refractivity contribution >= 4 is 11.6 Å². The Bertz CT molecular complexity index is 1420. The third-order valence-electron chi connectivity index (χ3n) is 8.43. The van der Waals surface area contributed by atoms with Crippen LogP contribution in [0.4, 0.5) is 18.9 Å². The van der Waals surface area contributed by atoms with Crippen LogP contribution in [0.15, 0.2) is 42.7 Å². The summed E-state index contributed by atoms with van der Waals surface area (Å²) >= 11 is 0. The molecule has 3 fully saturated rings. The number of amides is 1. The molecule has 1 saturated heterocycles. The number of hydrogen-bond acceptors (Lipinski definition) is 6. The number of aromatic nitrogens is 4. The molecule has 1 amide bonds. The molecule has 2 aliphatic carbocycles. The number of aryl methyl sites for hydroxylation is 1. The number of carbonyl (C=O) groups excluding carboxylic acids is 1. The summed E-state index contributed by atoms with van der Waals surface area (Å²) in [6, 6.07) is 10.3. The molecular weight excluding hydrogens is 521 g/mol. The second-order valence-electron chi connectivity index (χ2n) is 12.2. The molecule has 3 heterocycles. The number of alkyl halides is 3. The van der Waals surface area contributed by atoms with Gasteiger partial charge in [0.25, 0.3) is 5.91 Å². The maximum Gasteiger partial charge on any atom is 0.274 e. The fourth-order valence-electron chi connectivity index (χ4n) is 6.18. The zero-order valence-electron chi connectivity index (χ0n) is 22.6. The van der Waals surface area contributed by atoms with Gasteiger partial charge in [-0.25, -0.2) is 18.2 Å². The molecule has 8 nitrogen and oxygen atoms in total. The molecule has 0 spiro atoms. The van der Waals surface area contributed by atoms with Gasteiger partial charge in [0.15, 0.2) is 12.0 Å². The zero-order valence-corrected chi connectivity index (χ0v) is 22.6. The van der Waals surface area contributed by atoms with E-state index in [-0.39, 0.29) is 23.5 Å². The van der Waals surface area contributed by atoms with Crippen LogP contribution in [0.25, 0.3) is 0 Å². The van der Waals surface area contributed by atoms with Crippen molar-refractivity contribution in [1.29, 1.82) is 0 Å². The quantitative estimate of drug-likeness (QED) is 0.404. The van der Waals surface area contributed by atoms with Gasteiger partial charge in [-0.05, 0) is 48.2 Å². The fraction of sp³-hybridized carbons (Fsp3) is 0.517. The Balaban J connectivity index is 1.23. The van der Waals surface area contributed by atoms with Crippen LogP contribution in [0.5, 0.6) is 0 Å². The van der Waals surface area contributed by atoms with Crippen molar-refractivity contribution in [3.05, 3.63) is 71.1 Å². The molecule has 2 aromatic heterocycles. The number of nitrogens with zero attached hydrogens (tertiary/aromatic N) is 5. The Hall–Kier alpha value is -3.31. The maximum absolute atomic E-state index is 15.8. The number of aliphatic hydroxyl groups excluding tert-OH is 1. The lowest BCUT2D eigenvalue weighted by Gasteiger charge is -2.49. The number of hydrogen-bond donors (Lipinski definition) is 2. The van der Waals surface area contributed by atoms with Crippen LogP contribution in [-0.4, -0.2) is 61.3 Å². The molecule has 3 aliphatic rings. The van der Waals surface area contributed by atoms with Gasteiger partial charge >= 0.3 is 0 Å². The van der Waals surface area contributed by atoms with Crippen molar-refractivity contribution in [3.63, 3.8) is 0 Å². The number of aliphatic hydroxyl groups is 1. The van der Waals surface area contributed by atoms with E-state index in [0.717, 1.165) is 37.2 Å². The first-order valence-electron chi connectivity index (χ1n) is 13.6. The number of likely N-dealkylation sites (tertiary alicyclic amines) is 1. The van der Waals surface area contributed by atoms with Crippen molar-refractivity contribution < 1.29 is 23.1 Å². The van der Waals surface area contributed by atoms with E-state index >= 15 is 4.39 Å². The SMILES string of the molecule is Cn1cnnc1[C@H](F)C1(c2cccc(NC(=O)c3cc(CN4CC(C)(CO)C4)cc(C4CC4)n3)c2)CC(F)(F)C1. The summed E-state index contributed by atoms with van der Waals surface area (Å²) in [5.74, 6) is -3.07. The van der Waals surface area contributed by atoms with Crippen LogP contribution < -0.4 is 5.32 Å². The van der Waals surface area contributed by atoms with Gasteiger partial charge in [-0.3, -0.25) is 9.69 Å². The molecule has 0 unspecified atom stereocenters. The van der Waals surface area contributed by atoms with E-state index < -0.39 is 36.3 Å². The average Bonchev–Trinajstić information content (AvgIpc) is 3.66. The monoisotopic (exact) mass is 554 g/mol. The number of pyridine rings is 1. The van der Waals surface area contributed by atoms with Crippen molar-refractivity contribution in [1.82, 2.24) is 24.6 Å². The summed E-state index contributed by atoms with van der Waals surface area (Å²) in [6.45, 7) is 4.41. The van der Waals surface area contributed by atoms with Gasteiger partial charge in [-0.15, -0.1) is 10.2 Å². The summed E-state index contributed by atoms with van der Waals surface area (Å²) in [6.07, 6.45) is 0.298. The normalized spacial score (nSPS) is 21.8. The van der Waals surface area contributed by atoms with E-state index in [1.165, 1.54) is 10.9 Å². The summed E-state index contributed by atoms with van der Waals surface area (Å²) in [5, 5.41) is 20.0. The minimum Gasteiger partial charge on any atom is -0.396 e. The maximum atomic E-state index is 15.8. The third-order valence-corrected chi connectivity index (χ3v) is 8.43. The molecule has 11 heteroatoms. The predicted molar refractivity (Wildman–Crippen MR) is 142 cm³/mol. The standard InChI is InChI=1S/C29H33F3N6O2/c1-27(16-39)14-38(15-27)11-18-8-22(19-6-7-19)35-23(9-18)26(40)34-21-5-3-4-20(10-21)28(12-29(31,32)13-28)24(30)25-36-33-17-37(25)2/h3-5,8-10,17,19,24,39H,6-7,11-16H2,1-2H3,(H,34,40)/t24-/m0/s1. The van der Waals surface area contributed by atoms with Crippen molar-refractivity contribution in [2.45, 2.75) is 62.6 Å². The Morgan fingerprint density at radius 3 is 2.58 bits per heavy atom. The molecule has 1 aromatic carbocycles. The lowest BCUT2D eigenvalue weighted by Crippen LogP contribution is -2.55. The molecule has 1 aliphatic heterocycles. The van der Waals surface area contributed by atoms with Crippen LogP contribution >= 0.6 is 0 Å². The highest BCUT2D eigenvalue weighted by atomic mass is 19.3. The molecule has 212 valence electrons. The average molecular weight is 555 g/mol. The first-order valence-corrected chi connectivity index (χ1v) is 13.6. The lowest BCUT2D eigenvalue weighted by molar-refractivity contribution is -0.151. The number of carbonyl (C=O) groups is 1. The smallest absolute Gasteiger partial charge is 0.274 e. The molecule has 3 aromatic rings. The molecule has 6 rings (SSSR count). The van der Waals surface area contributed by atoms with Crippen LogP contribution in [0.2, 0.25) is 0 Å². The van der Waals surface area contributed by atoms with Crippen LogP contribution in [0, 0.1) is 5.41 Å². The van der Waals surface area contributed by atoms with E-state index in [1.807, 2.05) is 6.92 Å². The molecule has 0 bridgehead atoms. The van der Waals surface area contributed by atoms with Gasteiger partial charge in [0, 0.05) is 67.7 Å². The predicted octanol–water partition coefficient (Wildman–Crippen LogP) is 4.53. The summed E-state index contributed by atoms with van der Waals surface area (Å²) in [7, 11) is 1.58. The highest BCUT2D eigenvalue weighted by Gasteiger charge is 2.62. The van der Waals surface area contributed by atoms with E-state index in [2.05, 4.69) is 31.5 Å². The van der Waals surface area contributed by atoms with Gasteiger partial charge in [0.1, 0.15) is 12.0 Å². The summed E-state index contributed by atoms with van der Waals surface area (Å²) in [4.78, 5) is 20.2. The van der Waals surface area contributed by atoms with Gasteiger partial charge in [-0.1, -0.05) is 19.1 Å². The Morgan fingerprint density at radius 1 is 1.20 bits per heavy atom. The van der Waals surface area contributed by atoms with Crippen LogP contribution in [0.3, 0.4) is 0 Å². The fourth-order valence-corrected chi connectivity index (χ4v) is 6.18. The van der Waals surface area contributed by atoms with E-state index in [9.17, 15) is 18.7 Å². The highest BCUT2D eigenvalue weighted by Crippen LogP contribution is 2.60. The van der Waals surface area contributed by atoms with Crippen LogP contribution in [-0.2, 0) is 19.0 Å². The van der Waals surface area contributed by atoms with Crippen molar-refractivity contribution in [2.75, 3.05) is 25.0 Å². The summed E-state index contributed by atoms with van der Waals surface area (Å²) < 4.78 is 45.6. The van der Waals surface area contributed by atoms with Crippen molar-refractivity contribution in [3.8, 4) is 0 Å². The van der Waals surface area contributed by atoms with Crippen LogP contribution in [0.1, 0.15) is 77.8 Å². The van der Waals surface area contributed by atoms with Gasteiger partial charge in [0.2, 0.25) is 5.92 Å². The minimum absolute atomic E-state index is 0.0138. The summed E-state index contributed by atoms with van der Waals surface area (Å²) in [5.41, 5.74) is 1.33. The topological polar surface area (TPSA) is 96.2 Å². The molecule has 40 heavy (non-hydrogen) atoms. The van der Waals surface area contributed by atoms with Gasteiger partial charge in [-0.2, -0.15) is 0 Å². The largest absolute Gasteiger partial charge is 0.396 e. The molecule has 2 saturated carbocycles. The van der Waals surface area contributed by atoms with E-state index in [4.69, 9.17) is 0 Å². The highest BCUT2D eigenvalue weighted by molar-refractivity contribution is 6.03. The number of anilines is 1. The first-order chi connectivity index (χ1) is 19.0. The van der Waals surface area contributed by atoms with Gasteiger partial charge < -0.3 is 15.0 Å². The molecule has 1 atom stereocenters. The first kappa shape index (κ1) is 26.9. The Morgan fingerprint density at radius 2 is 1.95 bits per heavy atom. The zero-order chi connectivity index (χ0) is 28.3. The van der Waals surface area contributed by atoms with E-state index in [0.29, 0.717) is 23.7 Å². The number of nitrogens with one attached hydrogen (secondary N) is 1. The molecular formula is C29H33F3N6O2. The molecule has 0 radical (unpaired) electrons. The van der Waals surface area contributed by atoms with Gasteiger partial charge in [0.05, 0.1) is 6.61 Å². The molecule has 2 N–H and O–H groups in total. The second-order valence-corrected chi connectivity index (χ2v) is 12.2. The Kier molecular flexibility index (Phi) is 6.49. The van der Waals surface area contributed by atoms with E-state index in [1.54, 1.807) is 37.4 Å². The third kappa shape index (κ3) is 5.01. The lowest BCUT2D eigenvalue weighted by atomic mass is 9.59. The second kappa shape index (κ2) is 9.66. The minimum atomic E-state index is -2.99. The number of rotatable bonds is 9. The Labute approximate surface area is 230 Å². The number of benzene rings is 1. The van der Waals surface area contributed by atoms with Crippen molar-refractivity contribution in [2.24, 2.45) is 12.5 Å².